The largest absolute Gasteiger partial charge is 0.496 e. The molecule has 1 aliphatic heterocycles. The predicted molar refractivity (Wildman–Crippen MR) is 125 cm³/mol. The highest BCUT2D eigenvalue weighted by atomic mass is 16.5. The molecule has 1 fully saturated rings. The zero-order valence-electron chi connectivity index (χ0n) is 19.0. The second-order valence-corrected chi connectivity index (χ2v) is 8.35. The molecule has 0 aliphatic carbocycles. The van der Waals surface area contributed by atoms with Gasteiger partial charge in [-0.1, -0.05) is 0 Å². The molecule has 1 aromatic carbocycles. The van der Waals surface area contributed by atoms with Gasteiger partial charge in [0.1, 0.15) is 17.0 Å². The monoisotopic (exact) mass is 473 g/mol. The van der Waals surface area contributed by atoms with Gasteiger partial charge in [0.15, 0.2) is 5.65 Å². The van der Waals surface area contributed by atoms with Crippen LogP contribution in [0, 0.1) is 11.3 Å². The Balaban J connectivity index is 1.55. The van der Waals surface area contributed by atoms with Crippen LogP contribution in [-0.2, 0) is 11.3 Å². The number of anilines is 1. The number of carbonyl (C=O) groups is 1. The number of methoxy groups -OCH3 is 1. The second-order valence-electron chi connectivity index (χ2n) is 8.35. The summed E-state index contributed by atoms with van der Waals surface area (Å²) in [6.45, 7) is 1.15. The molecule has 0 unspecified atom stereocenters. The van der Waals surface area contributed by atoms with Gasteiger partial charge in [-0.25, -0.2) is 9.50 Å². The number of fused-ring (bicyclic) bond motifs is 1. The fourth-order valence-corrected chi connectivity index (χ4v) is 4.14. The molecule has 0 bridgehead atoms. The third-order valence-corrected chi connectivity index (χ3v) is 6.00. The molecule has 1 amide bonds. The molecule has 0 saturated carbocycles. The van der Waals surface area contributed by atoms with Gasteiger partial charge in [0.05, 0.1) is 42.8 Å². The zero-order chi connectivity index (χ0) is 24.4. The third kappa shape index (κ3) is 4.44. The first-order chi connectivity index (χ1) is 17.0. The molecule has 11 heteroatoms. The highest BCUT2D eigenvalue weighted by molar-refractivity contribution is 6.09. The SMILES string of the molecule is COc1ccc(C#N)cc1-c1nn(CC2(O)CCOCC2)cc1NC(=O)c1cnn2cccnc12. The highest BCUT2D eigenvalue weighted by Crippen LogP contribution is 2.36. The number of hydrogen-bond acceptors (Lipinski definition) is 8. The Labute approximate surface area is 200 Å². The van der Waals surface area contributed by atoms with Crippen LogP contribution in [-0.4, -0.2) is 61.3 Å². The minimum Gasteiger partial charge on any atom is -0.496 e. The van der Waals surface area contributed by atoms with Crippen LogP contribution in [0.1, 0.15) is 28.8 Å². The molecule has 3 aromatic heterocycles. The van der Waals surface area contributed by atoms with Gasteiger partial charge in [0.25, 0.3) is 5.91 Å². The Bertz CT molecular complexity index is 1430. The molecule has 1 aliphatic rings. The van der Waals surface area contributed by atoms with E-state index in [-0.39, 0.29) is 6.54 Å². The molecule has 35 heavy (non-hydrogen) atoms. The van der Waals surface area contributed by atoms with Crippen LogP contribution in [0.15, 0.2) is 49.1 Å². The lowest BCUT2D eigenvalue weighted by Gasteiger charge is -2.31. The Hall–Kier alpha value is -4.27. The van der Waals surface area contributed by atoms with E-state index in [2.05, 4.69) is 26.6 Å². The van der Waals surface area contributed by atoms with E-state index < -0.39 is 11.5 Å². The van der Waals surface area contributed by atoms with E-state index in [1.54, 1.807) is 47.5 Å². The van der Waals surface area contributed by atoms with Crippen LogP contribution in [0.5, 0.6) is 5.75 Å². The number of aliphatic hydroxyl groups is 1. The molecular formula is C24H23N7O4. The molecule has 178 valence electrons. The van der Waals surface area contributed by atoms with Gasteiger partial charge < -0.3 is 19.9 Å². The second kappa shape index (κ2) is 9.17. The minimum absolute atomic E-state index is 0.220. The van der Waals surface area contributed by atoms with E-state index >= 15 is 0 Å². The Morgan fingerprint density at radius 1 is 1.37 bits per heavy atom. The topological polar surface area (TPSA) is 140 Å². The minimum atomic E-state index is -0.978. The summed E-state index contributed by atoms with van der Waals surface area (Å²) in [7, 11) is 1.52. The quantitative estimate of drug-likeness (QED) is 0.435. The van der Waals surface area contributed by atoms with E-state index in [9.17, 15) is 15.2 Å². The molecule has 0 atom stereocenters. The molecular weight excluding hydrogens is 450 g/mol. The molecule has 0 radical (unpaired) electrons. The van der Waals surface area contributed by atoms with Gasteiger partial charge in [-0.05, 0) is 24.3 Å². The number of rotatable bonds is 6. The summed E-state index contributed by atoms with van der Waals surface area (Å²) in [4.78, 5) is 17.5. The molecule has 4 heterocycles. The number of carbonyl (C=O) groups excluding carboxylic acids is 1. The number of nitriles is 1. The average Bonchev–Trinajstić information content (AvgIpc) is 3.47. The number of aromatic nitrogens is 5. The normalized spacial score (nSPS) is 15.0. The summed E-state index contributed by atoms with van der Waals surface area (Å²) < 4.78 is 14.0. The average molecular weight is 473 g/mol. The first-order valence-electron chi connectivity index (χ1n) is 11.1. The lowest BCUT2D eigenvalue weighted by atomic mass is 9.94. The van der Waals surface area contributed by atoms with Crippen LogP contribution in [0.4, 0.5) is 5.69 Å². The van der Waals surface area contributed by atoms with Crippen molar-refractivity contribution in [3.63, 3.8) is 0 Å². The number of hydrogen-bond donors (Lipinski definition) is 2. The molecule has 5 rings (SSSR count). The predicted octanol–water partition coefficient (Wildman–Crippen LogP) is 2.27. The Morgan fingerprint density at radius 3 is 2.97 bits per heavy atom. The summed E-state index contributed by atoms with van der Waals surface area (Å²) in [5, 5.41) is 32.2. The van der Waals surface area contributed by atoms with Crippen LogP contribution in [0.25, 0.3) is 16.9 Å². The van der Waals surface area contributed by atoms with Crippen LogP contribution >= 0.6 is 0 Å². The van der Waals surface area contributed by atoms with Gasteiger partial charge in [-0.3, -0.25) is 9.48 Å². The van der Waals surface area contributed by atoms with E-state index in [1.165, 1.54) is 17.8 Å². The first-order valence-corrected chi connectivity index (χ1v) is 11.1. The Kier molecular flexibility index (Phi) is 5.90. The van der Waals surface area contributed by atoms with Gasteiger partial charge in [-0.15, -0.1) is 0 Å². The van der Waals surface area contributed by atoms with Gasteiger partial charge in [0.2, 0.25) is 0 Å². The summed E-state index contributed by atoms with van der Waals surface area (Å²) in [6.07, 6.45) is 7.36. The zero-order valence-corrected chi connectivity index (χ0v) is 19.0. The summed E-state index contributed by atoms with van der Waals surface area (Å²) >= 11 is 0. The van der Waals surface area contributed by atoms with Crippen molar-refractivity contribution in [2.45, 2.75) is 25.0 Å². The molecule has 2 N–H and O–H groups in total. The van der Waals surface area contributed by atoms with Gasteiger partial charge >= 0.3 is 0 Å². The highest BCUT2D eigenvalue weighted by Gasteiger charge is 2.31. The molecule has 1 saturated heterocycles. The lowest BCUT2D eigenvalue weighted by molar-refractivity contribution is -0.0744. The van der Waals surface area contributed by atoms with Gasteiger partial charge in [0, 0.05) is 50.2 Å². The maximum Gasteiger partial charge on any atom is 0.261 e. The van der Waals surface area contributed by atoms with E-state index in [4.69, 9.17) is 9.47 Å². The first kappa shape index (κ1) is 22.5. The smallest absolute Gasteiger partial charge is 0.261 e. The van der Waals surface area contributed by atoms with Crippen molar-refractivity contribution in [2.75, 3.05) is 25.6 Å². The Morgan fingerprint density at radius 2 is 2.20 bits per heavy atom. The van der Waals surface area contributed by atoms with E-state index in [1.807, 2.05) is 0 Å². The van der Waals surface area contributed by atoms with Crippen molar-refractivity contribution in [1.82, 2.24) is 24.4 Å². The van der Waals surface area contributed by atoms with Crippen molar-refractivity contribution in [2.24, 2.45) is 0 Å². The van der Waals surface area contributed by atoms with Crippen molar-refractivity contribution in [3.05, 3.63) is 60.2 Å². The number of amides is 1. The van der Waals surface area contributed by atoms with Crippen LogP contribution < -0.4 is 10.1 Å². The lowest BCUT2D eigenvalue weighted by Crippen LogP contribution is -2.40. The fourth-order valence-electron chi connectivity index (χ4n) is 4.14. The van der Waals surface area contributed by atoms with E-state index in [0.29, 0.717) is 65.5 Å². The number of nitrogens with one attached hydrogen (secondary N) is 1. The van der Waals surface area contributed by atoms with Crippen molar-refractivity contribution in [3.8, 4) is 23.1 Å². The van der Waals surface area contributed by atoms with Crippen molar-refractivity contribution < 1.29 is 19.4 Å². The summed E-state index contributed by atoms with van der Waals surface area (Å²) in [5.74, 6) is 0.0758. The molecule has 4 aromatic rings. The molecule has 0 spiro atoms. The third-order valence-electron chi connectivity index (χ3n) is 6.00. The number of ether oxygens (including phenoxy) is 2. The van der Waals surface area contributed by atoms with Crippen LogP contribution in [0.2, 0.25) is 0 Å². The number of benzene rings is 1. The van der Waals surface area contributed by atoms with Gasteiger partial charge in [-0.2, -0.15) is 15.5 Å². The maximum absolute atomic E-state index is 13.2. The fraction of sp³-hybridized carbons (Fsp3) is 0.292. The number of nitrogens with zero attached hydrogens (tertiary/aromatic N) is 6. The summed E-state index contributed by atoms with van der Waals surface area (Å²) in [5.41, 5.74) is 1.50. The molecule has 11 nitrogen and oxygen atoms in total. The van der Waals surface area contributed by atoms with Crippen molar-refractivity contribution in [1.29, 1.82) is 5.26 Å². The maximum atomic E-state index is 13.2. The summed E-state index contributed by atoms with van der Waals surface area (Å²) in [6, 6.07) is 8.82. The van der Waals surface area contributed by atoms with Crippen LogP contribution in [0.3, 0.4) is 0 Å². The van der Waals surface area contributed by atoms with Crippen molar-refractivity contribution >= 4 is 17.2 Å². The standard InChI is InChI=1S/C24H23N7O4/c1-34-20-4-3-16(12-25)11-17(20)21-19(14-30(29-21)15-24(33)5-9-35-10-6-24)28-23(32)18-13-27-31-8-2-7-26-22(18)31/h2-4,7-8,11,13-14,33H,5-6,9-10,15H2,1H3,(H,28,32). The van der Waals surface area contributed by atoms with E-state index in [0.717, 1.165) is 0 Å².